The average Bonchev–Trinajstić information content (AvgIpc) is 3.07. The SMILES string of the molecule is Cc1ccccc1NC(=O)c1cc2n(n1)CC(c1ccc(F)cc1)OC2. The minimum absolute atomic E-state index is 0.213. The number of hydrogen-bond acceptors (Lipinski definition) is 3. The lowest BCUT2D eigenvalue weighted by Gasteiger charge is -2.24. The predicted molar refractivity (Wildman–Crippen MR) is 95.3 cm³/mol. The van der Waals surface area contributed by atoms with Gasteiger partial charge in [0.25, 0.3) is 5.91 Å². The number of carbonyl (C=O) groups excluding carboxylic acids is 1. The highest BCUT2D eigenvalue weighted by Gasteiger charge is 2.24. The van der Waals surface area contributed by atoms with Crippen LogP contribution in [0.3, 0.4) is 0 Å². The molecule has 1 amide bonds. The minimum Gasteiger partial charge on any atom is -0.365 e. The number of para-hydroxylation sites is 1. The van der Waals surface area contributed by atoms with E-state index >= 15 is 0 Å². The number of benzene rings is 2. The van der Waals surface area contributed by atoms with Crippen molar-refractivity contribution in [2.24, 2.45) is 0 Å². The van der Waals surface area contributed by atoms with E-state index in [2.05, 4.69) is 10.4 Å². The van der Waals surface area contributed by atoms with Gasteiger partial charge in [-0.05, 0) is 42.3 Å². The molecule has 1 N–H and O–H groups in total. The van der Waals surface area contributed by atoms with Gasteiger partial charge in [0.1, 0.15) is 11.9 Å². The highest BCUT2D eigenvalue weighted by atomic mass is 19.1. The molecule has 1 atom stereocenters. The minimum atomic E-state index is -0.278. The number of ether oxygens (including phenoxy) is 1. The fraction of sp³-hybridized carbons (Fsp3) is 0.200. The van der Waals surface area contributed by atoms with Crippen molar-refractivity contribution >= 4 is 11.6 Å². The van der Waals surface area contributed by atoms with E-state index in [1.165, 1.54) is 12.1 Å². The Morgan fingerprint density at radius 1 is 1.23 bits per heavy atom. The van der Waals surface area contributed by atoms with Gasteiger partial charge in [0.2, 0.25) is 0 Å². The van der Waals surface area contributed by atoms with Crippen LogP contribution in [0.4, 0.5) is 10.1 Å². The predicted octanol–water partition coefficient (Wildman–Crippen LogP) is 3.85. The number of halogens is 1. The quantitative estimate of drug-likeness (QED) is 0.780. The summed E-state index contributed by atoms with van der Waals surface area (Å²) in [5.41, 5.74) is 3.84. The van der Waals surface area contributed by atoms with Crippen molar-refractivity contribution < 1.29 is 13.9 Å². The van der Waals surface area contributed by atoms with Crippen LogP contribution in [0.5, 0.6) is 0 Å². The monoisotopic (exact) mass is 351 g/mol. The molecule has 0 radical (unpaired) electrons. The van der Waals surface area contributed by atoms with Crippen LogP contribution in [-0.4, -0.2) is 15.7 Å². The lowest BCUT2D eigenvalue weighted by molar-refractivity contribution is -0.00122. The molecule has 0 saturated carbocycles. The number of nitrogens with zero attached hydrogens (tertiary/aromatic N) is 2. The summed E-state index contributed by atoms with van der Waals surface area (Å²) in [6, 6.07) is 15.6. The third-order valence-corrected chi connectivity index (χ3v) is 4.50. The number of fused-ring (bicyclic) bond motifs is 1. The van der Waals surface area contributed by atoms with E-state index in [0.717, 1.165) is 22.5 Å². The van der Waals surface area contributed by atoms with E-state index in [-0.39, 0.29) is 17.8 Å². The summed E-state index contributed by atoms with van der Waals surface area (Å²) >= 11 is 0. The molecule has 3 aromatic rings. The molecule has 0 spiro atoms. The molecule has 1 unspecified atom stereocenters. The van der Waals surface area contributed by atoms with Gasteiger partial charge in [-0.3, -0.25) is 9.48 Å². The van der Waals surface area contributed by atoms with Crippen molar-refractivity contribution in [3.8, 4) is 0 Å². The van der Waals surface area contributed by atoms with E-state index < -0.39 is 0 Å². The normalized spacial score (nSPS) is 16.2. The van der Waals surface area contributed by atoms with E-state index in [0.29, 0.717) is 18.8 Å². The van der Waals surface area contributed by atoms with Crippen molar-refractivity contribution in [3.05, 3.63) is 82.9 Å². The molecule has 1 aliphatic heterocycles. The molecule has 4 rings (SSSR count). The highest BCUT2D eigenvalue weighted by molar-refractivity contribution is 6.03. The molecule has 0 fully saturated rings. The van der Waals surface area contributed by atoms with Gasteiger partial charge < -0.3 is 10.1 Å². The number of aryl methyl sites for hydroxylation is 1. The van der Waals surface area contributed by atoms with Crippen molar-refractivity contribution in [1.82, 2.24) is 9.78 Å². The van der Waals surface area contributed by atoms with Crippen LogP contribution in [0.1, 0.15) is 33.4 Å². The molecule has 26 heavy (non-hydrogen) atoms. The molecule has 132 valence electrons. The summed E-state index contributed by atoms with van der Waals surface area (Å²) in [6.45, 7) is 2.78. The van der Waals surface area contributed by atoms with Gasteiger partial charge in [-0.2, -0.15) is 5.10 Å². The molecule has 0 aliphatic carbocycles. The van der Waals surface area contributed by atoms with Crippen molar-refractivity contribution in [2.45, 2.75) is 26.2 Å². The first-order valence-corrected chi connectivity index (χ1v) is 8.41. The summed E-state index contributed by atoms with van der Waals surface area (Å²) in [6.07, 6.45) is -0.213. The average molecular weight is 351 g/mol. The first-order valence-electron chi connectivity index (χ1n) is 8.41. The summed E-state index contributed by atoms with van der Waals surface area (Å²) in [5, 5.41) is 7.31. The zero-order valence-corrected chi connectivity index (χ0v) is 14.3. The zero-order chi connectivity index (χ0) is 18.1. The summed E-state index contributed by atoms with van der Waals surface area (Å²) < 4.78 is 20.7. The Morgan fingerprint density at radius 3 is 2.77 bits per heavy atom. The maximum absolute atomic E-state index is 13.1. The van der Waals surface area contributed by atoms with E-state index in [9.17, 15) is 9.18 Å². The standard InChI is InChI=1S/C20H18FN3O2/c1-13-4-2-3-5-17(13)22-20(25)18-10-16-12-26-19(11-24(16)23-18)14-6-8-15(21)9-7-14/h2-10,19H,11-12H2,1H3,(H,22,25). The fourth-order valence-electron chi connectivity index (χ4n) is 3.01. The Morgan fingerprint density at radius 2 is 2.00 bits per heavy atom. The summed E-state index contributed by atoms with van der Waals surface area (Å²) in [5.74, 6) is -0.529. The molecule has 1 aromatic heterocycles. The second-order valence-corrected chi connectivity index (χ2v) is 6.32. The summed E-state index contributed by atoms with van der Waals surface area (Å²) in [4.78, 5) is 12.5. The van der Waals surface area contributed by atoms with Gasteiger partial charge in [-0.25, -0.2) is 4.39 Å². The van der Waals surface area contributed by atoms with Crippen molar-refractivity contribution in [2.75, 3.05) is 5.32 Å². The van der Waals surface area contributed by atoms with Gasteiger partial charge >= 0.3 is 0 Å². The van der Waals surface area contributed by atoms with Crippen molar-refractivity contribution in [3.63, 3.8) is 0 Å². The molecule has 0 saturated heterocycles. The van der Waals surface area contributed by atoms with Crippen LogP contribution in [-0.2, 0) is 17.9 Å². The Labute approximate surface area is 150 Å². The van der Waals surface area contributed by atoms with Crippen LogP contribution in [0.15, 0.2) is 54.6 Å². The van der Waals surface area contributed by atoms with E-state index in [4.69, 9.17) is 4.74 Å². The van der Waals surface area contributed by atoms with E-state index in [1.807, 2.05) is 31.2 Å². The second kappa shape index (κ2) is 6.72. The fourth-order valence-corrected chi connectivity index (χ4v) is 3.01. The number of aromatic nitrogens is 2. The van der Waals surface area contributed by atoms with Crippen LogP contribution in [0, 0.1) is 12.7 Å². The second-order valence-electron chi connectivity index (χ2n) is 6.32. The van der Waals surface area contributed by atoms with Gasteiger partial charge in [0.05, 0.1) is 18.8 Å². The molecular formula is C20H18FN3O2. The molecule has 2 heterocycles. The third-order valence-electron chi connectivity index (χ3n) is 4.50. The maximum atomic E-state index is 13.1. The van der Waals surface area contributed by atoms with Gasteiger partial charge in [0.15, 0.2) is 5.69 Å². The highest BCUT2D eigenvalue weighted by Crippen LogP contribution is 2.27. The molecular weight excluding hydrogens is 333 g/mol. The third kappa shape index (κ3) is 3.23. The molecule has 0 bridgehead atoms. The smallest absolute Gasteiger partial charge is 0.276 e. The Kier molecular flexibility index (Phi) is 4.26. The number of hydrogen-bond donors (Lipinski definition) is 1. The van der Waals surface area contributed by atoms with Crippen LogP contribution in [0.2, 0.25) is 0 Å². The maximum Gasteiger partial charge on any atom is 0.276 e. The van der Waals surface area contributed by atoms with Gasteiger partial charge in [-0.1, -0.05) is 30.3 Å². The number of carbonyl (C=O) groups is 1. The van der Waals surface area contributed by atoms with Gasteiger partial charge in [-0.15, -0.1) is 0 Å². The topological polar surface area (TPSA) is 56.2 Å². The Hall–Kier alpha value is -2.99. The van der Waals surface area contributed by atoms with Crippen LogP contribution >= 0.6 is 0 Å². The number of nitrogens with one attached hydrogen (secondary N) is 1. The molecule has 2 aromatic carbocycles. The van der Waals surface area contributed by atoms with Crippen molar-refractivity contribution in [1.29, 1.82) is 0 Å². The first-order chi connectivity index (χ1) is 12.6. The molecule has 6 heteroatoms. The molecule has 1 aliphatic rings. The Balaban J connectivity index is 1.51. The zero-order valence-electron chi connectivity index (χ0n) is 14.3. The van der Waals surface area contributed by atoms with Crippen LogP contribution in [0.25, 0.3) is 0 Å². The largest absolute Gasteiger partial charge is 0.365 e. The number of rotatable bonds is 3. The van der Waals surface area contributed by atoms with E-state index in [1.54, 1.807) is 22.9 Å². The Bertz CT molecular complexity index is 950. The lowest BCUT2D eigenvalue weighted by Crippen LogP contribution is -2.22. The number of anilines is 1. The summed E-state index contributed by atoms with van der Waals surface area (Å²) in [7, 11) is 0. The van der Waals surface area contributed by atoms with Crippen LogP contribution < -0.4 is 5.32 Å². The lowest BCUT2D eigenvalue weighted by atomic mass is 10.1. The molecule has 5 nitrogen and oxygen atoms in total. The first kappa shape index (κ1) is 16.5. The van der Waals surface area contributed by atoms with Gasteiger partial charge in [0, 0.05) is 5.69 Å². The number of amides is 1.